The third-order valence-electron chi connectivity index (χ3n) is 5.37. The zero-order chi connectivity index (χ0) is 18.1. The predicted octanol–water partition coefficient (Wildman–Crippen LogP) is 3.59. The number of amides is 3. The molecule has 0 aliphatic heterocycles. The quantitative estimate of drug-likeness (QED) is 0.886. The normalized spacial score (nSPS) is 21.5. The molecule has 0 heterocycles. The summed E-state index contributed by atoms with van der Waals surface area (Å²) in [5.74, 6) is 0.00128. The van der Waals surface area contributed by atoms with Crippen LogP contribution in [0, 0.1) is 31.1 Å². The molecule has 2 N–H and O–H groups in total. The number of aryl methyl sites for hydroxylation is 2. The first-order valence-electron chi connectivity index (χ1n) is 8.30. The standard InChI is InChI=1S/C19H26N2O3/c1-11-7-6-8-12(2)17(11)21-18(24)20-16(23)10-14-9-15(13(3)22)19(14,4)5/h6-8,14-15H,9-10H2,1-5H3,(H2,20,21,23,24)/t14-,15-/m1/s1. The van der Waals surface area contributed by atoms with Gasteiger partial charge in [0.25, 0.3) is 0 Å². The third-order valence-corrected chi connectivity index (χ3v) is 5.37. The molecule has 2 rings (SSSR count). The van der Waals surface area contributed by atoms with Crippen molar-refractivity contribution < 1.29 is 14.4 Å². The number of ketones is 1. The Morgan fingerprint density at radius 3 is 2.25 bits per heavy atom. The van der Waals surface area contributed by atoms with E-state index < -0.39 is 6.03 Å². The van der Waals surface area contributed by atoms with Gasteiger partial charge in [-0.2, -0.15) is 0 Å². The molecule has 1 aliphatic rings. The Labute approximate surface area is 143 Å². The van der Waals surface area contributed by atoms with E-state index in [-0.39, 0.29) is 35.4 Å². The van der Waals surface area contributed by atoms with Gasteiger partial charge in [0.2, 0.25) is 5.91 Å². The molecule has 1 saturated carbocycles. The minimum Gasteiger partial charge on any atom is -0.307 e. The van der Waals surface area contributed by atoms with Crippen LogP contribution in [0.2, 0.25) is 0 Å². The van der Waals surface area contributed by atoms with Crippen LogP contribution in [0.3, 0.4) is 0 Å². The molecule has 130 valence electrons. The van der Waals surface area contributed by atoms with Crippen LogP contribution in [0.4, 0.5) is 10.5 Å². The molecule has 1 aromatic carbocycles. The number of urea groups is 1. The molecule has 0 unspecified atom stereocenters. The first-order valence-corrected chi connectivity index (χ1v) is 8.30. The summed E-state index contributed by atoms with van der Waals surface area (Å²) < 4.78 is 0. The lowest BCUT2D eigenvalue weighted by molar-refractivity contribution is -0.140. The van der Waals surface area contributed by atoms with Crippen LogP contribution >= 0.6 is 0 Å². The second-order valence-electron chi connectivity index (χ2n) is 7.39. The van der Waals surface area contributed by atoms with Gasteiger partial charge in [0.15, 0.2) is 0 Å². The summed E-state index contributed by atoms with van der Waals surface area (Å²) in [6.07, 6.45) is 0.977. The summed E-state index contributed by atoms with van der Waals surface area (Å²) in [6.45, 7) is 9.43. The molecule has 5 nitrogen and oxygen atoms in total. The maximum absolute atomic E-state index is 12.1. The van der Waals surface area contributed by atoms with E-state index in [0.29, 0.717) is 6.42 Å². The van der Waals surface area contributed by atoms with E-state index in [9.17, 15) is 14.4 Å². The minimum atomic E-state index is -0.516. The van der Waals surface area contributed by atoms with Crippen LogP contribution in [-0.2, 0) is 9.59 Å². The number of Topliss-reactive ketones (excluding diaryl/α,β-unsaturated/α-hetero) is 1. The number of carbonyl (C=O) groups is 3. The van der Waals surface area contributed by atoms with Gasteiger partial charge in [-0.1, -0.05) is 32.0 Å². The maximum atomic E-state index is 12.1. The highest BCUT2D eigenvalue weighted by atomic mass is 16.2. The van der Waals surface area contributed by atoms with Crippen molar-refractivity contribution in [3.8, 4) is 0 Å². The van der Waals surface area contributed by atoms with Crippen molar-refractivity contribution in [2.75, 3.05) is 5.32 Å². The van der Waals surface area contributed by atoms with Crippen molar-refractivity contribution in [1.82, 2.24) is 5.32 Å². The van der Waals surface area contributed by atoms with Gasteiger partial charge in [0.1, 0.15) is 5.78 Å². The van der Waals surface area contributed by atoms with Crippen molar-refractivity contribution in [3.63, 3.8) is 0 Å². The first-order chi connectivity index (χ1) is 11.1. The molecule has 0 saturated heterocycles. The number of anilines is 1. The number of nitrogens with one attached hydrogen (secondary N) is 2. The van der Waals surface area contributed by atoms with E-state index in [2.05, 4.69) is 10.6 Å². The Balaban J connectivity index is 1.89. The number of rotatable bonds is 4. The lowest BCUT2D eigenvalue weighted by Crippen LogP contribution is -2.50. The van der Waals surface area contributed by atoms with E-state index in [1.165, 1.54) is 0 Å². The van der Waals surface area contributed by atoms with Crippen LogP contribution in [0.15, 0.2) is 18.2 Å². The summed E-state index contributed by atoms with van der Waals surface area (Å²) in [7, 11) is 0. The Hall–Kier alpha value is -2.17. The average molecular weight is 330 g/mol. The number of hydrogen-bond acceptors (Lipinski definition) is 3. The van der Waals surface area contributed by atoms with Crippen molar-refractivity contribution in [3.05, 3.63) is 29.3 Å². The molecular weight excluding hydrogens is 304 g/mol. The monoisotopic (exact) mass is 330 g/mol. The van der Waals surface area contributed by atoms with Crippen molar-refractivity contribution in [2.45, 2.75) is 47.5 Å². The fourth-order valence-corrected chi connectivity index (χ4v) is 3.61. The van der Waals surface area contributed by atoms with Gasteiger partial charge < -0.3 is 5.32 Å². The molecule has 1 fully saturated rings. The number of carbonyl (C=O) groups excluding carboxylic acids is 3. The van der Waals surface area contributed by atoms with Crippen LogP contribution in [0.5, 0.6) is 0 Å². The van der Waals surface area contributed by atoms with Crippen LogP contribution < -0.4 is 10.6 Å². The predicted molar refractivity (Wildman–Crippen MR) is 93.8 cm³/mol. The Bertz CT molecular complexity index is 659. The second kappa shape index (κ2) is 6.75. The minimum absolute atomic E-state index is 0.0127. The molecule has 1 aliphatic carbocycles. The second-order valence-corrected chi connectivity index (χ2v) is 7.39. The van der Waals surface area contributed by atoms with Crippen LogP contribution in [0.25, 0.3) is 0 Å². The zero-order valence-corrected chi connectivity index (χ0v) is 15.0. The summed E-state index contributed by atoms with van der Waals surface area (Å²) in [6, 6.07) is 5.22. The fraction of sp³-hybridized carbons (Fsp3) is 0.526. The SMILES string of the molecule is CC(=O)[C@H]1C[C@H](CC(=O)NC(=O)Nc2c(C)cccc2C)C1(C)C. The van der Waals surface area contributed by atoms with E-state index in [4.69, 9.17) is 0 Å². The number of para-hydroxylation sites is 1. The van der Waals surface area contributed by atoms with Gasteiger partial charge >= 0.3 is 6.03 Å². The molecule has 24 heavy (non-hydrogen) atoms. The molecule has 5 heteroatoms. The van der Waals surface area contributed by atoms with Crippen LogP contribution in [0.1, 0.15) is 44.7 Å². The van der Waals surface area contributed by atoms with E-state index in [1.807, 2.05) is 45.9 Å². The topological polar surface area (TPSA) is 75.3 Å². The smallest absolute Gasteiger partial charge is 0.307 e. The number of hydrogen-bond donors (Lipinski definition) is 2. The van der Waals surface area contributed by atoms with E-state index >= 15 is 0 Å². The van der Waals surface area contributed by atoms with Gasteiger partial charge in [0, 0.05) is 18.0 Å². The molecule has 1 aromatic rings. The fourth-order valence-electron chi connectivity index (χ4n) is 3.61. The maximum Gasteiger partial charge on any atom is 0.325 e. The Kier molecular flexibility index (Phi) is 5.11. The van der Waals surface area contributed by atoms with E-state index in [1.54, 1.807) is 6.92 Å². The largest absolute Gasteiger partial charge is 0.325 e. The highest BCUT2D eigenvalue weighted by Crippen LogP contribution is 2.53. The first kappa shape index (κ1) is 18.2. The Morgan fingerprint density at radius 1 is 1.17 bits per heavy atom. The molecule has 2 atom stereocenters. The molecule has 0 aromatic heterocycles. The summed E-state index contributed by atoms with van der Waals surface area (Å²) in [4.78, 5) is 35.7. The van der Waals surface area contributed by atoms with E-state index in [0.717, 1.165) is 16.8 Å². The van der Waals surface area contributed by atoms with Gasteiger partial charge in [-0.3, -0.25) is 14.9 Å². The number of imide groups is 1. The summed E-state index contributed by atoms with van der Waals surface area (Å²) >= 11 is 0. The molecule has 0 spiro atoms. The van der Waals surface area contributed by atoms with Crippen LogP contribution in [-0.4, -0.2) is 17.7 Å². The highest BCUT2D eigenvalue weighted by molar-refractivity contribution is 6.02. The van der Waals surface area contributed by atoms with Gasteiger partial charge in [0.05, 0.1) is 0 Å². The Morgan fingerprint density at radius 2 is 1.75 bits per heavy atom. The lowest BCUT2D eigenvalue weighted by Gasteiger charge is -2.51. The van der Waals surface area contributed by atoms with Crippen molar-refractivity contribution in [2.24, 2.45) is 17.3 Å². The molecule has 0 bridgehead atoms. The lowest BCUT2D eigenvalue weighted by atomic mass is 9.52. The van der Waals surface area contributed by atoms with Gasteiger partial charge in [-0.25, -0.2) is 4.79 Å². The van der Waals surface area contributed by atoms with Gasteiger partial charge in [-0.15, -0.1) is 0 Å². The molecular formula is C19H26N2O3. The average Bonchev–Trinajstić information content (AvgIpc) is 2.46. The van der Waals surface area contributed by atoms with Gasteiger partial charge in [-0.05, 0) is 49.7 Å². The van der Waals surface area contributed by atoms with Crippen molar-refractivity contribution >= 4 is 23.4 Å². The number of benzene rings is 1. The summed E-state index contributed by atoms with van der Waals surface area (Å²) in [5, 5.41) is 5.13. The summed E-state index contributed by atoms with van der Waals surface area (Å²) in [5.41, 5.74) is 2.43. The van der Waals surface area contributed by atoms with Crippen molar-refractivity contribution in [1.29, 1.82) is 0 Å². The zero-order valence-electron chi connectivity index (χ0n) is 15.0. The third kappa shape index (κ3) is 3.66. The highest BCUT2D eigenvalue weighted by Gasteiger charge is 2.50. The molecule has 0 radical (unpaired) electrons. The molecule has 3 amide bonds.